The standard InChI is InChI=1S/C22H21F3N6O5S2/c23-22(24,25)17-9-10-26-21(28-17)29-18-6-1-2-11-30(18)38(35,36)19-8-7-16(37-19)13-27-20(32)14-4-3-5-15(12-14)31(33)34/h3-5,7-10,12,18H,1-2,6,11,13H2,(H,27,32)(H,26,28,29). The smallest absolute Gasteiger partial charge is 0.347 e. The summed E-state index contributed by atoms with van der Waals surface area (Å²) in [6.07, 6.45) is -3.00. The first kappa shape index (κ1) is 27.4. The van der Waals surface area contributed by atoms with E-state index in [4.69, 9.17) is 0 Å². The number of nitro benzene ring substituents is 1. The average molecular weight is 571 g/mol. The number of non-ortho nitro benzene ring substituents is 1. The number of alkyl halides is 3. The van der Waals surface area contributed by atoms with Gasteiger partial charge in [0.2, 0.25) is 5.95 Å². The van der Waals surface area contributed by atoms with Gasteiger partial charge >= 0.3 is 6.18 Å². The molecule has 1 fully saturated rings. The topological polar surface area (TPSA) is 147 Å². The molecule has 3 aromatic rings. The van der Waals surface area contributed by atoms with Crippen molar-refractivity contribution in [2.45, 2.75) is 42.4 Å². The number of anilines is 1. The third-order valence-electron chi connectivity index (χ3n) is 5.64. The summed E-state index contributed by atoms with van der Waals surface area (Å²) in [6, 6.07) is 8.85. The number of nitrogens with one attached hydrogen (secondary N) is 2. The summed E-state index contributed by atoms with van der Waals surface area (Å²) in [4.78, 5) is 30.5. The highest BCUT2D eigenvalue weighted by Gasteiger charge is 2.36. The van der Waals surface area contributed by atoms with Crippen LogP contribution in [0.4, 0.5) is 24.8 Å². The van der Waals surface area contributed by atoms with Gasteiger partial charge in [0.15, 0.2) is 0 Å². The summed E-state index contributed by atoms with van der Waals surface area (Å²) < 4.78 is 67.1. The van der Waals surface area contributed by atoms with Crippen molar-refractivity contribution in [3.05, 3.63) is 74.9 Å². The minimum atomic E-state index is -4.67. The first-order valence-electron chi connectivity index (χ1n) is 11.2. The number of carbonyl (C=O) groups is 1. The number of benzene rings is 1. The zero-order valence-corrected chi connectivity index (χ0v) is 21.1. The molecule has 1 aliphatic heterocycles. The van der Waals surface area contributed by atoms with Gasteiger partial charge in [-0.3, -0.25) is 14.9 Å². The molecule has 2 N–H and O–H groups in total. The Kier molecular flexibility index (Phi) is 7.94. The summed E-state index contributed by atoms with van der Waals surface area (Å²) in [5.41, 5.74) is -1.29. The van der Waals surface area contributed by atoms with E-state index in [1.165, 1.54) is 34.6 Å². The molecule has 1 amide bonds. The lowest BCUT2D eigenvalue weighted by molar-refractivity contribution is -0.384. The van der Waals surface area contributed by atoms with Crippen molar-refractivity contribution in [2.24, 2.45) is 0 Å². The number of halogens is 3. The number of carbonyl (C=O) groups excluding carboxylic acids is 1. The maximum atomic E-state index is 13.4. The minimum absolute atomic E-state index is 0.00393. The number of hydrogen-bond acceptors (Lipinski definition) is 9. The van der Waals surface area contributed by atoms with Crippen molar-refractivity contribution < 1.29 is 31.3 Å². The van der Waals surface area contributed by atoms with Crippen LogP contribution >= 0.6 is 11.3 Å². The van der Waals surface area contributed by atoms with Gasteiger partial charge in [-0.2, -0.15) is 17.5 Å². The van der Waals surface area contributed by atoms with Crippen LogP contribution in [-0.2, 0) is 22.7 Å². The Balaban J connectivity index is 1.46. The number of rotatable bonds is 8. The van der Waals surface area contributed by atoms with Crippen molar-refractivity contribution in [3.63, 3.8) is 0 Å². The number of nitrogens with zero attached hydrogens (tertiary/aromatic N) is 4. The fourth-order valence-corrected chi connectivity index (χ4v) is 6.85. The molecule has 1 aliphatic rings. The molecule has 3 heterocycles. The van der Waals surface area contributed by atoms with Gasteiger partial charge in [-0.1, -0.05) is 6.07 Å². The molecule has 2 aromatic heterocycles. The van der Waals surface area contributed by atoms with Crippen molar-refractivity contribution in [1.29, 1.82) is 0 Å². The Bertz CT molecular complexity index is 1450. The van der Waals surface area contributed by atoms with Gasteiger partial charge < -0.3 is 10.6 Å². The highest BCUT2D eigenvalue weighted by Crippen LogP contribution is 2.31. The molecule has 0 saturated carbocycles. The molecule has 1 atom stereocenters. The Morgan fingerprint density at radius 3 is 2.74 bits per heavy atom. The molecule has 16 heteroatoms. The van der Waals surface area contributed by atoms with Crippen LogP contribution in [0, 0.1) is 10.1 Å². The molecule has 0 aliphatic carbocycles. The van der Waals surface area contributed by atoms with E-state index in [1.807, 2.05) is 0 Å². The minimum Gasteiger partial charge on any atom is -0.347 e. The zero-order chi connectivity index (χ0) is 27.5. The second-order valence-corrected chi connectivity index (χ2v) is 11.5. The van der Waals surface area contributed by atoms with E-state index in [1.54, 1.807) is 0 Å². The number of piperidine rings is 1. The summed E-state index contributed by atoms with van der Waals surface area (Å²) in [5.74, 6) is -0.893. The van der Waals surface area contributed by atoms with Gasteiger partial charge in [-0.25, -0.2) is 18.4 Å². The van der Waals surface area contributed by atoms with E-state index < -0.39 is 38.9 Å². The quantitative estimate of drug-likeness (QED) is 0.305. The van der Waals surface area contributed by atoms with E-state index in [9.17, 15) is 36.5 Å². The molecular formula is C22H21F3N6O5S2. The van der Waals surface area contributed by atoms with Crippen LogP contribution in [0.15, 0.2) is 52.9 Å². The number of aromatic nitrogens is 2. The molecule has 1 saturated heterocycles. The molecule has 0 bridgehead atoms. The van der Waals surface area contributed by atoms with Gasteiger partial charge in [0, 0.05) is 35.3 Å². The third kappa shape index (κ3) is 6.25. The van der Waals surface area contributed by atoms with Crippen molar-refractivity contribution >= 4 is 38.9 Å². The van der Waals surface area contributed by atoms with Gasteiger partial charge in [0.05, 0.1) is 17.6 Å². The predicted octanol–water partition coefficient (Wildman–Crippen LogP) is 4.01. The number of nitro groups is 1. The normalized spacial score (nSPS) is 16.7. The van der Waals surface area contributed by atoms with Crippen LogP contribution < -0.4 is 10.6 Å². The van der Waals surface area contributed by atoms with Gasteiger partial charge in [-0.05, 0) is 43.5 Å². The lowest BCUT2D eigenvalue weighted by Gasteiger charge is -2.34. The Morgan fingerprint density at radius 1 is 1.21 bits per heavy atom. The van der Waals surface area contributed by atoms with Crippen LogP contribution in [-0.4, -0.2) is 46.2 Å². The van der Waals surface area contributed by atoms with Crippen LogP contribution in [0.1, 0.15) is 40.2 Å². The molecule has 0 radical (unpaired) electrons. The molecule has 1 aromatic carbocycles. The Labute approximate surface area is 218 Å². The van der Waals surface area contributed by atoms with Crippen LogP contribution in [0.3, 0.4) is 0 Å². The molecule has 38 heavy (non-hydrogen) atoms. The fourth-order valence-electron chi connectivity index (χ4n) is 3.81. The lowest BCUT2D eigenvalue weighted by atomic mass is 10.1. The van der Waals surface area contributed by atoms with E-state index >= 15 is 0 Å². The predicted molar refractivity (Wildman–Crippen MR) is 131 cm³/mol. The van der Waals surface area contributed by atoms with E-state index in [0.29, 0.717) is 24.1 Å². The molecule has 4 rings (SSSR count). The maximum Gasteiger partial charge on any atom is 0.433 e. The largest absolute Gasteiger partial charge is 0.433 e. The first-order valence-corrected chi connectivity index (χ1v) is 13.5. The molecule has 202 valence electrons. The van der Waals surface area contributed by atoms with Gasteiger partial charge in [0.1, 0.15) is 9.90 Å². The van der Waals surface area contributed by atoms with Crippen LogP contribution in [0.2, 0.25) is 0 Å². The first-order chi connectivity index (χ1) is 17.9. The van der Waals surface area contributed by atoms with Crippen molar-refractivity contribution in [2.75, 3.05) is 11.9 Å². The van der Waals surface area contributed by atoms with Crippen LogP contribution in [0.5, 0.6) is 0 Å². The van der Waals surface area contributed by atoms with Gasteiger partial charge in [-0.15, -0.1) is 11.3 Å². The zero-order valence-electron chi connectivity index (χ0n) is 19.5. The summed E-state index contributed by atoms with van der Waals surface area (Å²) in [7, 11) is -4.03. The molecule has 0 spiro atoms. The maximum absolute atomic E-state index is 13.4. The van der Waals surface area contributed by atoms with Crippen molar-refractivity contribution in [3.8, 4) is 0 Å². The third-order valence-corrected chi connectivity index (χ3v) is 9.10. The SMILES string of the molecule is O=C(NCc1ccc(S(=O)(=O)N2CCCCC2Nc2nccc(C(F)(F)F)n2)s1)c1cccc([N+](=O)[O-])c1. The fraction of sp³-hybridized carbons (Fsp3) is 0.318. The van der Waals surface area contributed by atoms with Crippen molar-refractivity contribution in [1.82, 2.24) is 19.6 Å². The number of amides is 1. The van der Waals surface area contributed by atoms with E-state index in [2.05, 4.69) is 20.6 Å². The number of sulfonamides is 1. The highest BCUT2D eigenvalue weighted by atomic mass is 32.2. The summed E-state index contributed by atoms with van der Waals surface area (Å²) >= 11 is 0.932. The molecular weight excluding hydrogens is 549 g/mol. The second kappa shape index (κ2) is 11.0. The lowest BCUT2D eigenvalue weighted by Crippen LogP contribution is -2.47. The highest BCUT2D eigenvalue weighted by molar-refractivity contribution is 7.91. The molecule has 1 unspecified atom stereocenters. The number of hydrogen-bond donors (Lipinski definition) is 2. The van der Waals surface area contributed by atoms with E-state index in [-0.39, 0.29) is 34.5 Å². The molecule has 11 nitrogen and oxygen atoms in total. The monoisotopic (exact) mass is 570 g/mol. The van der Waals surface area contributed by atoms with Gasteiger partial charge in [0.25, 0.3) is 21.6 Å². The Hall–Kier alpha value is -3.63. The van der Waals surface area contributed by atoms with E-state index in [0.717, 1.165) is 29.7 Å². The number of thiophene rings is 1. The van der Waals surface area contributed by atoms with Crippen LogP contribution in [0.25, 0.3) is 0 Å². The Morgan fingerprint density at radius 2 is 2.00 bits per heavy atom. The summed E-state index contributed by atoms with van der Waals surface area (Å²) in [5, 5.41) is 16.2. The average Bonchev–Trinajstić information content (AvgIpc) is 3.37. The summed E-state index contributed by atoms with van der Waals surface area (Å²) in [6.45, 7) is 0.136. The second-order valence-electron chi connectivity index (χ2n) is 8.25.